The Morgan fingerprint density at radius 1 is 0.500 bits per heavy atom. The number of hydrogen-bond acceptors (Lipinski definition) is 5. The molecule has 0 saturated carbocycles. The molecule has 4 unspecified atom stereocenters. The van der Waals surface area contributed by atoms with Crippen molar-refractivity contribution < 1.29 is 25.2 Å². The summed E-state index contributed by atoms with van der Waals surface area (Å²) in [7, 11) is 0. The summed E-state index contributed by atoms with van der Waals surface area (Å²) in [6.45, 7) is 3.99. The first-order valence-corrected chi connectivity index (χ1v) is 20.7. The first-order valence-electron chi connectivity index (χ1n) is 20.7. The molecular weight excluding hydrogens is 598 g/mol. The number of rotatable bonds is 37. The molecule has 0 aliphatic heterocycles. The molecule has 0 aliphatic rings. The average molecular weight is 680 g/mol. The van der Waals surface area contributed by atoms with E-state index in [1.807, 2.05) is 0 Å². The van der Waals surface area contributed by atoms with E-state index in [-0.39, 0.29) is 0 Å². The molecule has 0 aromatic carbocycles. The summed E-state index contributed by atoms with van der Waals surface area (Å²) in [5, 5.41) is 43.3. The number of allylic oxidation sites excluding steroid dienone is 4. The first kappa shape index (κ1) is 46.8. The van der Waals surface area contributed by atoms with Crippen LogP contribution in [0.5, 0.6) is 0 Å². The van der Waals surface area contributed by atoms with E-state index < -0.39 is 36.9 Å². The Hall–Kier alpha value is -1.21. The Kier molecular flexibility index (Phi) is 36.1. The number of carbonyl (C=O) groups excluding carboxylic acids is 1. The van der Waals surface area contributed by atoms with Crippen LogP contribution < -0.4 is 5.32 Å². The summed E-state index contributed by atoms with van der Waals surface area (Å²) < 4.78 is 0. The normalized spacial score (nSPS) is 14.5. The van der Waals surface area contributed by atoms with Gasteiger partial charge in [0.05, 0.1) is 18.8 Å². The fraction of sp³-hybridized carbons (Fsp3) is 0.881. The average Bonchev–Trinajstić information content (AvgIpc) is 3.09. The predicted octanol–water partition coefficient (Wildman–Crippen LogP) is 10.4. The van der Waals surface area contributed by atoms with Crippen LogP contribution in [-0.2, 0) is 4.79 Å². The van der Waals surface area contributed by atoms with Gasteiger partial charge in [-0.15, -0.1) is 0 Å². The molecule has 0 fully saturated rings. The lowest BCUT2D eigenvalue weighted by atomic mass is 10.00. The quantitative estimate of drug-likeness (QED) is 0.0332. The molecule has 0 heterocycles. The molecule has 0 radical (unpaired) electrons. The van der Waals surface area contributed by atoms with Crippen molar-refractivity contribution in [2.45, 2.75) is 231 Å². The molecule has 0 aliphatic carbocycles. The summed E-state index contributed by atoms with van der Waals surface area (Å²) in [4.78, 5) is 12.4. The van der Waals surface area contributed by atoms with Crippen LogP contribution in [0.3, 0.4) is 0 Å². The maximum Gasteiger partial charge on any atom is 0.249 e. The molecule has 0 rings (SSSR count). The Bertz CT molecular complexity index is 727. The van der Waals surface area contributed by atoms with Crippen LogP contribution >= 0.6 is 0 Å². The topological polar surface area (TPSA) is 110 Å². The fourth-order valence-corrected chi connectivity index (χ4v) is 6.28. The molecule has 6 nitrogen and oxygen atoms in total. The van der Waals surface area contributed by atoms with Crippen molar-refractivity contribution in [1.29, 1.82) is 0 Å². The highest BCUT2D eigenvalue weighted by atomic mass is 16.3. The molecule has 6 heteroatoms. The minimum absolute atomic E-state index is 0.359. The third-order valence-corrected chi connectivity index (χ3v) is 9.63. The van der Waals surface area contributed by atoms with Gasteiger partial charge in [0, 0.05) is 0 Å². The Morgan fingerprint density at radius 3 is 1.27 bits per heavy atom. The van der Waals surface area contributed by atoms with Gasteiger partial charge in [-0.1, -0.05) is 167 Å². The largest absolute Gasteiger partial charge is 0.394 e. The maximum atomic E-state index is 12.4. The summed E-state index contributed by atoms with van der Waals surface area (Å²) >= 11 is 0. The number of hydrogen-bond donors (Lipinski definition) is 5. The molecule has 0 spiro atoms. The number of amides is 1. The second kappa shape index (κ2) is 37.1. The molecule has 0 saturated heterocycles. The second-order valence-corrected chi connectivity index (χ2v) is 14.3. The van der Waals surface area contributed by atoms with E-state index in [0.29, 0.717) is 12.8 Å². The third-order valence-electron chi connectivity index (χ3n) is 9.63. The van der Waals surface area contributed by atoms with Gasteiger partial charge in [-0.05, 0) is 64.2 Å². The van der Waals surface area contributed by atoms with Gasteiger partial charge >= 0.3 is 0 Å². The Balaban J connectivity index is 3.70. The van der Waals surface area contributed by atoms with Gasteiger partial charge in [0.15, 0.2) is 0 Å². The zero-order valence-corrected chi connectivity index (χ0v) is 31.7. The predicted molar refractivity (Wildman–Crippen MR) is 205 cm³/mol. The van der Waals surface area contributed by atoms with Crippen LogP contribution in [0.15, 0.2) is 24.3 Å². The lowest BCUT2D eigenvalue weighted by molar-refractivity contribution is -0.132. The van der Waals surface area contributed by atoms with Crippen LogP contribution in [0, 0.1) is 0 Å². The minimum Gasteiger partial charge on any atom is -0.394 e. The highest BCUT2D eigenvalue weighted by Gasteiger charge is 2.28. The summed E-state index contributed by atoms with van der Waals surface area (Å²) in [5.41, 5.74) is 0. The third kappa shape index (κ3) is 30.8. The van der Waals surface area contributed by atoms with Crippen LogP contribution in [0.2, 0.25) is 0 Å². The van der Waals surface area contributed by atoms with Crippen molar-refractivity contribution in [2.24, 2.45) is 0 Å². The van der Waals surface area contributed by atoms with Gasteiger partial charge in [-0.25, -0.2) is 0 Å². The number of nitrogens with one attached hydrogen (secondary N) is 1. The number of carbonyl (C=O) groups is 1. The molecule has 284 valence electrons. The molecule has 5 N–H and O–H groups in total. The number of unbranched alkanes of at least 4 members (excludes halogenated alkanes) is 24. The first-order chi connectivity index (χ1) is 23.5. The van der Waals surface area contributed by atoms with Crippen molar-refractivity contribution in [1.82, 2.24) is 5.32 Å². The van der Waals surface area contributed by atoms with E-state index in [1.54, 1.807) is 0 Å². The van der Waals surface area contributed by atoms with Crippen molar-refractivity contribution in [3.8, 4) is 0 Å². The van der Waals surface area contributed by atoms with E-state index in [0.717, 1.165) is 38.5 Å². The van der Waals surface area contributed by atoms with E-state index in [4.69, 9.17) is 0 Å². The van der Waals surface area contributed by atoms with Crippen LogP contribution in [-0.4, -0.2) is 57.3 Å². The molecule has 0 bridgehead atoms. The smallest absolute Gasteiger partial charge is 0.249 e. The zero-order valence-electron chi connectivity index (χ0n) is 31.7. The van der Waals surface area contributed by atoms with Crippen LogP contribution in [0.1, 0.15) is 206 Å². The standard InChI is InChI=1S/C42H81NO5/c1-3-5-7-9-11-13-14-15-16-17-18-19-20-21-22-23-24-25-26-28-30-32-34-36-40(46)42(48)43-38(37-44)41(47)39(45)35-33-31-29-27-12-10-8-6-4-2/h21-22,27,29,38-41,44-47H,3-20,23-26,28,30-37H2,1-2H3,(H,43,48)/b22-21-,29-27+. The van der Waals surface area contributed by atoms with E-state index >= 15 is 0 Å². The summed E-state index contributed by atoms with van der Waals surface area (Å²) in [5.74, 6) is -0.599. The van der Waals surface area contributed by atoms with Gasteiger partial charge in [-0.3, -0.25) is 4.79 Å². The van der Waals surface area contributed by atoms with Crippen LogP contribution in [0.25, 0.3) is 0 Å². The molecular formula is C42H81NO5. The highest BCUT2D eigenvalue weighted by Crippen LogP contribution is 2.15. The van der Waals surface area contributed by atoms with Gasteiger partial charge in [0.1, 0.15) is 12.2 Å². The van der Waals surface area contributed by atoms with Crippen LogP contribution in [0.4, 0.5) is 0 Å². The molecule has 0 aromatic heterocycles. The van der Waals surface area contributed by atoms with Gasteiger partial charge in [-0.2, -0.15) is 0 Å². The van der Waals surface area contributed by atoms with Crippen molar-refractivity contribution in [3.63, 3.8) is 0 Å². The number of aliphatic hydroxyl groups is 4. The monoisotopic (exact) mass is 680 g/mol. The SMILES string of the molecule is CCCCCC/C=C/CCCC(O)C(O)C(CO)NC(=O)C(O)CCCCCCCCC/C=C\CCCCCCCCCCCCCC. The van der Waals surface area contributed by atoms with Crippen molar-refractivity contribution in [2.75, 3.05) is 6.61 Å². The minimum atomic E-state index is -1.28. The van der Waals surface area contributed by atoms with Gasteiger partial charge in [0.2, 0.25) is 5.91 Å². The van der Waals surface area contributed by atoms with Crippen molar-refractivity contribution in [3.05, 3.63) is 24.3 Å². The van der Waals surface area contributed by atoms with E-state index in [1.165, 1.54) is 141 Å². The van der Waals surface area contributed by atoms with Gasteiger partial charge in [0.25, 0.3) is 0 Å². The highest BCUT2D eigenvalue weighted by molar-refractivity contribution is 5.80. The van der Waals surface area contributed by atoms with Gasteiger partial charge < -0.3 is 25.7 Å². The van der Waals surface area contributed by atoms with Crippen molar-refractivity contribution >= 4 is 5.91 Å². The number of aliphatic hydroxyl groups excluding tert-OH is 4. The van der Waals surface area contributed by atoms with E-state index in [2.05, 4.69) is 43.5 Å². The molecule has 48 heavy (non-hydrogen) atoms. The maximum absolute atomic E-state index is 12.4. The Labute approximate surface area is 297 Å². The molecule has 0 aromatic rings. The molecule has 4 atom stereocenters. The summed E-state index contributed by atoms with van der Waals surface area (Å²) in [6.07, 6.45) is 40.8. The lowest BCUT2D eigenvalue weighted by Gasteiger charge is -2.27. The lowest BCUT2D eigenvalue weighted by Crippen LogP contribution is -2.53. The van der Waals surface area contributed by atoms with E-state index in [9.17, 15) is 25.2 Å². The zero-order chi connectivity index (χ0) is 35.3. The Morgan fingerprint density at radius 2 is 0.854 bits per heavy atom. The fourth-order valence-electron chi connectivity index (χ4n) is 6.28. The molecule has 1 amide bonds. The summed E-state index contributed by atoms with van der Waals surface area (Å²) in [6, 6.07) is -1.000. The second-order valence-electron chi connectivity index (χ2n) is 14.3.